The number of aryl methyl sites for hydroxylation is 1. The molecule has 0 unspecified atom stereocenters. The van der Waals surface area contributed by atoms with E-state index < -0.39 is 34.6 Å². The highest BCUT2D eigenvalue weighted by Gasteiger charge is 2.31. The maximum absolute atomic E-state index is 13.2. The summed E-state index contributed by atoms with van der Waals surface area (Å²) in [6.07, 6.45) is -4.83. The number of amides is 1. The number of carbonyl (C=O) groups is 1. The minimum atomic E-state index is -4.83. The van der Waals surface area contributed by atoms with Gasteiger partial charge in [0.25, 0.3) is 10.0 Å². The number of hydrogen-bond donors (Lipinski definition) is 1. The smallest absolute Gasteiger partial charge is 0.406 e. The Morgan fingerprint density at radius 3 is 2.09 bits per heavy atom. The van der Waals surface area contributed by atoms with Gasteiger partial charge < -0.3 is 10.1 Å². The number of para-hydroxylation sites is 1. The number of rotatable bonds is 7. The fourth-order valence-electron chi connectivity index (χ4n) is 2.82. The number of nitrogens with zero attached hydrogens (tertiary/aromatic N) is 1. The number of anilines is 2. The Kier molecular flexibility index (Phi) is 6.73. The highest BCUT2D eigenvalue weighted by molar-refractivity contribution is 7.92. The number of alkyl halides is 3. The van der Waals surface area contributed by atoms with Crippen LogP contribution in [0.15, 0.2) is 83.8 Å². The lowest BCUT2D eigenvalue weighted by Crippen LogP contribution is -2.38. The van der Waals surface area contributed by atoms with Gasteiger partial charge in [0.15, 0.2) is 0 Å². The molecular weight excluding hydrogens is 445 g/mol. The van der Waals surface area contributed by atoms with Crippen LogP contribution in [0, 0.1) is 6.92 Å². The first kappa shape index (κ1) is 23.1. The Hall–Kier alpha value is -3.53. The molecule has 0 aliphatic rings. The number of nitrogens with one attached hydrogen (secondary N) is 1. The SMILES string of the molecule is Cc1ccc(S(=O)(=O)N(CC(=O)Nc2ccc(OC(F)(F)F)cc2)c2ccccc2)cc1. The molecule has 0 aliphatic heterocycles. The molecule has 0 aliphatic carbocycles. The van der Waals surface area contributed by atoms with Gasteiger partial charge in [0.1, 0.15) is 12.3 Å². The number of sulfonamides is 1. The molecule has 0 radical (unpaired) electrons. The monoisotopic (exact) mass is 464 g/mol. The Morgan fingerprint density at radius 1 is 0.938 bits per heavy atom. The van der Waals surface area contributed by atoms with Crippen molar-refractivity contribution in [3.05, 3.63) is 84.4 Å². The summed E-state index contributed by atoms with van der Waals surface area (Å²) in [7, 11) is -4.06. The Labute approximate surface area is 183 Å². The van der Waals surface area contributed by atoms with Gasteiger partial charge in [-0.1, -0.05) is 35.9 Å². The van der Waals surface area contributed by atoms with Gasteiger partial charge in [0.05, 0.1) is 10.6 Å². The van der Waals surface area contributed by atoms with E-state index in [1.54, 1.807) is 42.5 Å². The molecule has 0 heterocycles. The highest BCUT2D eigenvalue weighted by Crippen LogP contribution is 2.25. The van der Waals surface area contributed by atoms with Gasteiger partial charge in [-0.15, -0.1) is 13.2 Å². The van der Waals surface area contributed by atoms with Crippen LogP contribution in [0.25, 0.3) is 0 Å². The van der Waals surface area contributed by atoms with Crippen molar-refractivity contribution in [2.75, 3.05) is 16.2 Å². The zero-order chi connectivity index (χ0) is 23.4. The summed E-state index contributed by atoms with van der Waals surface area (Å²) in [5, 5.41) is 2.48. The van der Waals surface area contributed by atoms with Crippen LogP contribution in [0.2, 0.25) is 0 Å². The van der Waals surface area contributed by atoms with Gasteiger partial charge >= 0.3 is 6.36 Å². The van der Waals surface area contributed by atoms with Crippen molar-refractivity contribution in [2.45, 2.75) is 18.2 Å². The normalized spacial score (nSPS) is 11.6. The molecule has 10 heteroatoms. The van der Waals surface area contributed by atoms with Crippen LogP contribution in [-0.4, -0.2) is 27.2 Å². The molecule has 0 saturated heterocycles. The number of benzene rings is 3. The standard InChI is InChI=1S/C22H19F3N2O4S/c1-16-7-13-20(14-8-16)32(29,30)27(18-5-3-2-4-6-18)15-21(28)26-17-9-11-19(12-10-17)31-22(23,24)25/h2-14H,15H2,1H3,(H,26,28). The molecule has 3 aromatic rings. The van der Waals surface area contributed by atoms with Gasteiger partial charge in [-0.05, 0) is 55.5 Å². The van der Waals surface area contributed by atoms with Gasteiger partial charge in [0.2, 0.25) is 5.91 Å². The fourth-order valence-corrected chi connectivity index (χ4v) is 4.24. The quantitative estimate of drug-likeness (QED) is 0.549. The van der Waals surface area contributed by atoms with E-state index in [9.17, 15) is 26.4 Å². The van der Waals surface area contributed by atoms with Gasteiger partial charge in [-0.25, -0.2) is 8.42 Å². The second-order valence-electron chi connectivity index (χ2n) is 6.78. The van der Waals surface area contributed by atoms with Crippen molar-refractivity contribution in [1.82, 2.24) is 0 Å². The van der Waals surface area contributed by atoms with E-state index >= 15 is 0 Å². The third-order valence-corrected chi connectivity index (χ3v) is 6.10. The molecule has 1 amide bonds. The van der Waals surface area contributed by atoms with E-state index in [4.69, 9.17) is 0 Å². The molecule has 6 nitrogen and oxygen atoms in total. The average Bonchev–Trinajstić information content (AvgIpc) is 2.73. The van der Waals surface area contributed by atoms with Gasteiger partial charge in [-0.2, -0.15) is 0 Å². The first-order chi connectivity index (χ1) is 15.0. The second kappa shape index (κ2) is 9.31. The van der Waals surface area contributed by atoms with Crippen molar-refractivity contribution in [3.63, 3.8) is 0 Å². The summed E-state index contributed by atoms with van der Waals surface area (Å²) >= 11 is 0. The third kappa shape index (κ3) is 6.01. The lowest BCUT2D eigenvalue weighted by atomic mass is 10.2. The lowest BCUT2D eigenvalue weighted by molar-refractivity contribution is -0.274. The molecule has 32 heavy (non-hydrogen) atoms. The van der Waals surface area contributed by atoms with Crippen LogP contribution in [0.3, 0.4) is 0 Å². The zero-order valence-electron chi connectivity index (χ0n) is 16.8. The van der Waals surface area contributed by atoms with Crippen LogP contribution in [0.1, 0.15) is 5.56 Å². The zero-order valence-corrected chi connectivity index (χ0v) is 17.7. The fraction of sp³-hybridized carbons (Fsp3) is 0.136. The van der Waals surface area contributed by atoms with E-state index in [-0.39, 0.29) is 16.3 Å². The molecule has 0 bridgehead atoms. The number of ether oxygens (including phenoxy) is 1. The van der Waals surface area contributed by atoms with Crippen LogP contribution in [0.4, 0.5) is 24.5 Å². The minimum absolute atomic E-state index is 0.0217. The Morgan fingerprint density at radius 2 is 1.53 bits per heavy atom. The maximum Gasteiger partial charge on any atom is 0.573 e. The molecular formula is C22H19F3N2O4S. The Balaban J connectivity index is 1.81. The van der Waals surface area contributed by atoms with Crippen molar-refractivity contribution in [2.24, 2.45) is 0 Å². The van der Waals surface area contributed by atoms with Crippen LogP contribution < -0.4 is 14.4 Å². The number of carbonyl (C=O) groups excluding carboxylic acids is 1. The van der Waals surface area contributed by atoms with E-state index in [1.807, 2.05) is 6.92 Å². The average molecular weight is 464 g/mol. The van der Waals surface area contributed by atoms with Gasteiger partial charge in [-0.3, -0.25) is 9.10 Å². The molecule has 0 aromatic heterocycles. The molecule has 0 spiro atoms. The molecule has 0 saturated carbocycles. The summed E-state index contributed by atoms with van der Waals surface area (Å²) in [5.41, 5.74) is 1.35. The summed E-state index contributed by atoms with van der Waals surface area (Å²) in [5.74, 6) is -1.11. The predicted octanol–water partition coefficient (Wildman–Crippen LogP) is 4.73. The second-order valence-corrected chi connectivity index (χ2v) is 8.64. The predicted molar refractivity (Wildman–Crippen MR) is 114 cm³/mol. The Bertz CT molecular complexity index is 1160. The molecule has 0 fully saturated rings. The third-order valence-electron chi connectivity index (χ3n) is 4.31. The van der Waals surface area contributed by atoms with Crippen molar-refractivity contribution in [3.8, 4) is 5.75 Å². The molecule has 168 valence electrons. The van der Waals surface area contributed by atoms with Crippen LogP contribution >= 0.6 is 0 Å². The number of hydrogen-bond acceptors (Lipinski definition) is 4. The molecule has 0 atom stereocenters. The molecule has 3 aromatic carbocycles. The first-order valence-electron chi connectivity index (χ1n) is 9.35. The summed E-state index contributed by atoms with van der Waals surface area (Å²) in [6, 6.07) is 18.9. The topological polar surface area (TPSA) is 75.7 Å². The lowest BCUT2D eigenvalue weighted by Gasteiger charge is -2.24. The van der Waals surface area contributed by atoms with Crippen molar-refractivity contribution >= 4 is 27.3 Å². The molecule has 3 rings (SSSR count). The van der Waals surface area contributed by atoms with Crippen LogP contribution in [0.5, 0.6) is 5.75 Å². The number of halogens is 3. The summed E-state index contributed by atoms with van der Waals surface area (Å²) < 4.78 is 68.0. The van der Waals surface area contributed by atoms with E-state index in [0.717, 1.165) is 22.0 Å². The summed E-state index contributed by atoms with van der Waals surface area (Å²) in [4.78, 5) is 12.6. The van der Waals surface area contributed by atoms with Crippen molar-refractivity contribution < 1.29 is 31.1 Å². The molecule has 1 N–H and O–H groups in total. The minimum Gasteiger partial charge on any atom is -0.406 e. The van der Waals surface area contributed by atoms with Gasteiger partial charge in [0, 0.05) is 5.69 Å². The van der Waals surface area contributed by atoms with Crippen LogP contribution in [-0.2, 0) is 14.8 Å². The first-order valence-corrected chi connectivity index (χ1v) is 10.8. The maximum atomic E-state index is 13.2. The van der Waals surface area contributed by atoms with E-state index in [1.165, 1.54) is 24.3 Å². The highest BCUT2D eigenvalue weighted by atomic mass is 32.2. The van der Waals surface area contributed by atoms with Crippen molar-refractivity contribution in [1.29, 1.82) is 0 Å². The largest absolute Gasteiger partial charge is 0.573 e. The van der Waals surface area contributed by atoms with E-state index in [2.05, 4.69) is 10.1 Å². The summed E-state index contributed by atoms with van der Waals surface area (Å²) in [6.45, 7) is 1.28. The van der Waals surface area contributed by atoms with E-state index in [0.29, 0.717) is 0 Å².